The van der Waals surface area contributed by atoms with Gasteiger partial charge >= 0.3 is 6.03 Å². The Labute approximate surface area is 136 Å². The molecule has 0 aromatic carbocycles. The standard InChI is InChI=1S/C18H35N3O/c1-15-6-10-20(11-7-15)9-5-4-8-19-18(22)21-13-16(2)12-17(3)14-21/h15-17H,4-14H2,1-3H3,(H,19,22). The first-order valence-corrected chi connectivity index (χ1v) is 9.29. The summed E-state index contributed by atoms with van der Waals surface area (Å²) in [5, 5.41) is 3.11. The number of urea groups is 1. The van der Waals surface area contributed by atoms with Gasteiger partial charge in [-0.1, -0.05) is 20.8 Å². The summed E-state index contributed by atoms with van der Waals surface area (Å²) in [5.41, 5.74) is 0. The second-order valence-electron chi connectivity index (χ2n) is 7.81. The number of carbonyl (C=O) groups excluding carboxylic acids is 1. The van der Waals surface area contributed by atoms with Crippen molar-refractivity contribution in [2.24, 2.45) is 17.8 Å². The summed E-state index contributed by atoms with van der Waals surface area (Å²) in [7, 11) is 0. The number of amides is 2. The van der Waals surface area contributed by atoms with Crippen LogP contribution in [-0.2, 0) is 0 Å². The van der Waals surface area contributed by atoms with E-state index in [1.807, 2.05) is 4.90 Å². The number of carbonyl (C=O) groups is 1. The fraction of sp³-hybridized carbons (Fsp3) is 0.944. The number of hydrogen-bond donors (Lipinski definition) is 1. The van der Waals surface area contributed by atoms with E-state index >= 15 is 0 Å². The van der Waals surface area contributed by atoms with Crippen molar-refractivity contribution in [3.8, 4) is 0 Å². The van der Waals surface area contributed by atoms with E-state index in [9.17, 15) is 4.79 Å². The molecule has 2 unspecified atom stereocenters. The van der Waals surface area contributed by atoms with Crippen molar-refractivity contribution in [1.82, 2.24) is 15.1 Å². The fourth-order valence-electron chi connectivity index (χ4n) is 3.88. The van der Waals surface area contributed by atoms with E-state index in [0.717, 1.165) is 32.0 Å². The molecule has 0 aromatic heterocycles. The minimum Gasteiger partial charge on any atom is -0.338 e. The Kier molecular flexibility index (Phi) is 7.00. The SMILES string of the molecule is CC1CCN(CCCCNC(=O)N2CC(C)CC(C)C2)CC1. The first-order valence-electron chi connectivity index (χ1n) is 9.29. The Hall–Kier alpha value is -0.770. The third kappa shape index (κ3) is 5.79. The summed E-state index contributed by atoms with van der Waals surface area (Å²) < 4.78 is 0. The molecule has 4 heteroatoms. The van der Waals surface area contributed by atoms with Crippen molar-refractivity contribution < 1.29 is 4.79 Å². The average Bonchev–Trinajstić information content (AvgIpc) is 2.47. The lowest BCUT2D eigenvalue weighted by molar-refractivity contribution is 0.146. The molecular formula is C18H35N3O. The number of rotatable bonds is 5. The predicted octanol–water partition coefficient (Wildman–Crippen LogP) is 3.19. The fourth-order valence-corrected chi connectivity index (χ4v) is 3.88. The molecule has 2 aliphatic heterocycles. The van der Waals surface area contributed by atoms with E-state index < -0.39 is 0 Å². The van der Waals surface area contributed by atoms with Crippen molar-refractivity contribution in [2.45, 2.75) is 52.9 Å². The van der Waals surface area contributed by atoms with Gasteiger partial charge in [0.15, 0.2) is 0 Å². The number of hydrogen-bond acceptors (Lipinski definition) is 2. The lowest BCUT2D eigenvalue weighted by atomic mass is 9.92. The maximum absolute atomic E-state index is 12.2. The topological polar surface area (TPSA) is 35.6 Å². The summed E-state index contributed by atoms with van der Waals surface area (Å²) in [6.07, 6.45) is 6.24. The molecule has 1 N–H and O–H groups in total. The van der Waals surface area contributed by atoms with E-state index in [2.05, 4.69) is 31.0 Å². The molecular weight excluding hydrogens is 274 g/mol. The van der Waals surface area contributed by atoms with Crippen LogP contribution < -0.4 is 5.32 Å². The molecule has 0 spiro atoms. The highest BCUT2D eigenvalue weighted by molar-refractivity contribution is 5.74. The van der Waals surface area contributed by atoms with E-state index in [0.29, 0.717) is 11.8 Å². The van der Waals surface area contributed by atoms with E-state index in [1.165, 1.54) is 45.3 Å². The smallest absolute Gasteiger partial charge is 0.317 e. The van der Waals surface area contributed by atoms with Gasteiger partial charge in [-0.2, -0.15) is 0 Å². The molecule has 2 saturated heterocycles. The molecule has 2 heterocycles. The van der Waals surface area contributed by atoms with Crippen molar-refractivity contribution in [1.29, 1.82) is 0 Å². The zero-order valence-electron chi connectivity index (χ0n) is 14.8. The molecule has 0 bridgehead atoms. The van der Waals surface area contributed by atoms with Gasteiger partial charge in [-0.15, -0.1) is 0 Å². The van der Waals surface area contributed by atoms with Crippen molar-refractivity contribution in [2.75, 3.05) is 39.3 Å². The summed E-state index contributed by atoms with van der Waals surface area (Å²) in [5.74, 6) is 2.18. The predicted molar refractivity (Wildman–Crippen MR) is 92.0 cm³/mol. The van der Waals surface area contributed by atoms with Gasteiger partial charge in [-0.25, -0.2) is 4.79 Å². The monoisotopic (exact) mass is 309 g/mol. The molecule has 2 rings (SSSR count). The van der Waals surface area contributed by atoms with Crippen LogP contribution in [0.2, 0.25) is 0 Å². The Bertz CT molecular complexity index is 329. The summed E-state index contributed by atoms with van der Waals surface area (Å²) in [4.78, 5) is 16.8. The van der Waals surface area contributed by atoms with Crippen molar-refractivity contribution in [3.63, 3.8) is 0 Å². The average molecular weight is 309 g/mol. The highest BCUT2D eigenvalue weighted by Gasteiger charge is 2.25. The van der Waals surface area contributed by atoms with Crippen LogP contribution in [0.5, 0.6) is 0 Å². The molecule has 128 valence electrons. The Morgan fingerprint density at radius 2 is 1.64 bits per heavy atom. The normalized spacial score (nSPS) is 27.9. The van der Waals surface area contributed by atoms with Gasteiger partial charge in [0.25, 0.3) is 0 Å². The number of nitrogens with one attached hydrogen (secondary N) is 1. The van der Waals surface area contributed by atoms with Gasteiger partial charge in [-0.05, 0) is 69.5 Å². The highest BCUT2D eigenvalue weighted by atomic mass is 16.2. The van der Waals surface area contributed by atoms with Gasteiger partial charge in [0.1, 0.15) is 0 Å². The quantitative estimate of drug-likeness (QED) is 0.792. The van der Waals surface area contributed by atoms with Gasteiger partial charge < -0.3 is 15.1 Å². The minimum absolute atomic E-state index is 0.144. The summed E-state index contributed by atoms with van der Waals surface area (Å²) in [6.45, 7) is 13.2. The second-order valence-corrected chi connectivity index (χ2v) is 7.81. The Balaban J connectivity index is 1.53. The maximum Gasteiger partial charge on any atom is 0.317 e. The van der Waals surface area contributed by atoms with Crippen LogP contribution in [0.25, 0.3) is 0 Å². The van der Waals surface area contributed by atoms with Gasteiger partial charge in [0, 0.05) is 19.6 Å². The molecule has 0 radical (unpaired) electrons. The number of piperidine rings is 2. The second kappa shape index (κ2) is 8.76. The molecule has 4 nitrogen and oxygen atoms in total. The molecule has 22 heavy (non-hydrogen) atoms. The highest BCUT2D eigenvalue weighted by Crippen LogP contribution is 2.20. The van der Waals surface area contributed by atoms with Gasteiger partial charge in [0.2, 0.25) is 0 Å². The van der Waals surface area contributed by atoms with Crippen LogP contribution in [0, 0.1) is 17.8 Å². The maximum atomic E-state index is 12.2. The lowest BCUT2D eigenvalue weighted by Gasteiger charge is -2.35. The molecule has 0 saturated carbocycles. The van der Waals surface area contributed by atoms with E-state index in [4.69, 9.17) is 0 Å². The van der Waals surface area contributed by atoms with Crippen LogP contribution in [0.1, 0.15) is 52.9 Å². The Morgan fingerprint density at radius 1 is 1.00 bits per heavy atom. The van der Waals surface area contributed by atoms with Crippen LogP contribution >= 0.6 is 0 Å². The third-order valence-corrected chi connectivity index (χ3v) is 5.21. The molecule has 2 amide bonds. The van der Waals surface area contributed by atoms with Crippen LogP contribution in [-0.4, -0.2) is 55.1 Å². The van der Waals surface area contributed by atoms with Crippen molar-refractivity contribution in [3.05, 3.63) is 0 Å². The van der Waals surface area contributed by atoms with Crippen LogP contribution in [0.4, 0.5) is 4.79 Å². The molecule has 2 aliphatic rings. The van der Waals surface area contributed by atoms with E-state index in [1.54, 1.807) is 0 Å². The first-order chi connectivity index (χ1) is 10.5. The van der Waals surface area contributed by atoms with Gasteiger partial charge in [0.05, 0.1) is 0 Å². The largest absolute Gasteiger partial charge is 0.338 e. The first kappa shape index (κ1) is 17.6. The zero-order valence-corrected chi connectivity index (χ0v) is 14.8. The molecule has 2 atom stereocenters. The zero-order chi connectivity index (χ0) is 15.9. The van der Waals surface area contributed by atoms with Crippen LogP contribution in [0.3, 0.4) is 0 Å². The number of nitrogens with zero attached hydrogens (tertiary/aromatic N) is 2. The Morgan fingerprint density at radius 3 is 2.27 bits per heavy atom. The molecule has 0 aliphatic carbocycles. The summed E-state index contributed by atoms with van der Waals surface area (Å²) >= 11 is 0. The van der Waals surface area contributed by atoms with E-state index in [-0.39, 0.29) is 6.03 Å². The molecule has 2 fully saturated rings. The molecule has 0 aromatic rings. The number of likely N-dealkylation sites (tertiary alicyclic amines) is 2. The van der Waals surface area contributed by atoms with Crippen molar-refractivity contribution >= 4 is 6.03 Å². The van der Waals surface area contributed by atoms with Gasteiger partial charge in [-0.3, -0.25) is 0 Å². The van der Waals surface area contributed by atoms with Crippen LogP contribution in [0.15, 0.2) is 0 Å². The lowest BCUT2D eigenvalue weighted by Crippen LogP contribution is -2.47. The third-order valence-electron chi connectivity index (χ3n) is 5.21. The minimum atomic E-state index is 0.144. The number of unbranched alkanes of at least 4 members (excludes halogenated alkanes) is 1. The summed E-state index contributed by atoms with van der Waals surface area (Å²) in [6, 6.07) is 0.144.